The number of aromatic nitrogens is 1. The zero-order valence-electron chi connectivity index (χ0n) is 18.8. The van der Waals surface area contributed by atoms with Crippen LogP contribution >= 0.6 is 0 Å². The van der Waals surface area contributed by atoms with E-state index in [1.807, 2.05) is 19.9 Å². The van der Waals surface area contributed by atoms with Gasteiger partial charge in [0.15, 0.2) is 0 Å². The van der Waals surface area contributed by atoms with Gasteiger partial charge in [-0.15, -0.1) is 0 Å². The fourth-order valence-corrected chi connectivity index (χ4v) is 3.82. The number of ether oxygens (including phenoxy) is 2. The highest BCUT2D eigenvalue weighted by molar-refractivity contribution is 5.90. The number of fused-ring (bicyclic) bond motifs is 1. The number of nitriles is 1. The van der Waals surface area contributed by atoms with Crippen LogP contribution in [-0.4, -0.2) is 36.8 Å². The number of carbonyl (C=O) groups excluding carboxylic acids is 1. The molecule has 1 unspecified atom stereocenters. The molecule has 1 aliphatic heterocycles. The van der Waals surface area contributed by atoms with E-state index < -0.39 is 0 Å². The van der Waals surface area contributed by atoms with Crippen LogP contribution in [0.25, 0.3) is 10.9 Å². The Morgan fingerprint density at radius 1 is 1.27 bits per heavy atom. The minimum absolute atomic E-state index is 0.0391. The van der Waals surface area contributed by atoms with Gasteiger partial charge in [0.25, 0.3) is 0 Å². The van der Waals surface area contributed by atoms with Crippen LogP contribution in [0.5, 0.6) is 17.2 Å². The average molecular weight is 446 g/mol. The van der Waals surface area contributed by atoms with Crippen molar-refractivity contribution in [2.45, 2.75) is 32.8 Å². The molecule has 1 atom stereocenters. The number of carbonyl (C=O) groups is 1. The van der Waals surface area contributed by atoms with Crippen LogP contribution in [0.1, 0.15) is 30.9 Å². The summed E-state index contributed by atoms with van der Waals surface area (Å²) in [5, 5.41) is 19.3. The number of pyridine rings is 1. The largest absolute Gasteiger partial charge is 0.488 e. The molecule has 0 aliphatic carbocycles. The molecule has 2 amide bonds. The van der Waals surface area contributed by atoms with Crippen LogP contribution in [0.3, 0.4) is 0 Å². The van der Waals surface area contributed by atoms with E-state index in [0.717, 1.165) is 36.9 Å². The molecule has 4 rings (SSSR count). The van der Waals surface area contributed by atoms with Crippen molar-refractivity contribution in [2.24, 2.45) is 0 Å². The Bertz CT molecular complexity index is 1200. The van der Waals surface area contributed by atoms with Crippen LogP contribution in [0, 0.1) is 18.3 Å². The fourth-order valence-electron chi connectivity index (χ4n) is 3.82. The van der Waals surface area contributed by atoms with Crippen molar-refractivity contribution in [3.63, 3.8) is 0 Å². The van der Waals surface area contributed by atoms with Gasteiger partial charge >= 0.3 is 6.03 Å². The summed E-state index contributed by atoms with van der Waals surface area (Å²) in [5.74, 6) is 1.75. The maximum absolute atomic E-state index is 11.8. The Hall–Kier alpha value is -3.83. The lowest BCUT2D eigenvalue weighted by molar-refractivity contribution is 0.167. The molecule has 3 N–H and O–H groups in total. The van der Waals surface area contributed by atoms with Gasteiger partial charge in [0.1, 0.15) is 29.4 Å². The van der Waals surface area contributed by atoms with E-state index >= 15 is 0 Å². The minimum Gasteiger partial charge on any atom is -0.488 e. The van der Waals surface area contributed by atoms with Gasteiger partial charge in [-0.3, -0.25) is 4.98 Å². The van der Waals surface area contributed by atoms with Gasteiger partial charge in [0.2, 0.25) is 0 Å². The molecule has 3 aromatic rings. The molecule has 0 bridgehead atoms. The smallest absolute Gasteiger partial charge is 0.319 e. The standard InChI is InChI=1S/C25H27N5O3/c1-3-28-25(31)30-21-7-6-18(11-16(21)2)32-23-8-10-29-22-13-24(17(14-26)12-20(22)23)33-19-5-4-9-27-15-19/h6-8,10-13,19,27H,3-5,9,15H2,1-2H3,(H2,28,30,31). The lowest BCUT2D eigenvalue weighted by Gasteiger charge is -2.24. The molecule has 33 heavy (non-hydrogen) atoms. The van der Waals surface area contributed by atoms with Gasteiger partial charge in [-0.25, -0.2) is 4.79 Å². The zero-order valence-corrected chi connectivity index (χ0v) is 18.8. The lowest BCUT2D eigenvalue weighted by Crippen LogP contribution is -2.37. The Balaban J connectivity index is 1.59. The number of nitrogens with zero attached hydrogens (tertiary/aromatic N) is 2. The van der Waals surface area contributed by atoms with E-state index in [1.54, 1.807) is 36.5 Å². The van der Waals surface area contributed by atoms with E-state index in [2.05, 4.69) is 27.0 Å². The van der Waals surface area contributed by atoms with E-state index in [1.165, 1.54) is 0 Å². The van der Waals surface area contributed by atoms with Crippen LogP contribution in [0.15, 0.2) is 42.6 Å². The average Bonchev–Trinajstić information content (AvgIpc) is 2.81. The maximum atomic E-state index is 11.8. The first-order valence-corrected chi connectivity index (χ1v) is 11.1. The third kappa shape index (κ3) is 5.33. The summed E-state index contributed by atoms with van der Waals surface area (Å²) in [6.07, 6.45) is 3.72. The zero-order chi connectivity index (χ0) is 23.2. The van der Waals surface area contributed by atoms with Gasteiger partial charge < -0.3 is 25.4 Å². The highest BCUT2D eigenvalue weighted by atomic mass is 16.5. The first-order valence-electron chi connectivity index (χ1n) is 11.1. The van der Waals surface area contributed by atoms with Crippen LogP contribution in [0.4, 0.5) is 10.5 Å². The van der Waals surface area contributed by atoms with Crippen molar-refractivity contribution in [1.29, 1.82) is 5.26 Å². The monoisotopic (exact) mass is 445 g/mol. The van der Waals surface area contributed by atoms with Gasteiger partial charge in [0.05, 0.1) is 11.1 Å². The Labute approximate surface area is 192 Å². The highest BCUT2D eigenvalue weighted by Gasteiger charge is 2.18. The number of benzene rings is 2. The topological polar surface area (TPSA) is 108 Å². The van der Waals surface area contributed by atoms with E-state index in [9.17, 15) is 10.1 Å². The minimum atomic E-state index is -0.250. The van der Waals surface area contributed by atoms with Crippen molar-refractivity contribution in [3.05, 3.63) is 53.7 Å². The van der Waals surface area contributed by atoms with Crippen molar-refractivity contribution >= 4 is 22.6 Å². The number of nitrogens with one attached hydrogen (secondary N) is 3. The number of piperidine rings is 1. The first kappa shape index (κ1) is 22.4. The number of hydrogen-bond donors (Lipinski definition) is 3. The van der Waals surface area contributed by atoms with Gasteiger partial charge in [-0.05, 0) is 69.1 Å². The second-order valence-corrected chi connectivity index (χ2v) is 7.94. The number of aryl methyl sites for hydroxylation is 1. The summed E-state index contributed by atoms with van der Waals surface area (Å²) in [5.41, 5.74) is 2.71. The molecule has 1 saturated heterocycles. The Kier molecular flexibility index (Phi) is 6.91. The summed E-state index contributed by atoms with van der Waals surface area (Å²) in [6, 6.07) is 12.8. The summed E-state index contributed by atoms with van der Waals surface area (Å²) in [7, 11) is 0. The molecule has 1 aromatic heterocycles. The van der Waals surface area contributed by atoms with Gasteiger partial charge in [-0.2, -0.15) is 5.26 Å². The second-order valence-electron chi connectivity index (χ2n) is 7.94. The SMILES string of the molecule is CCNC(=O)Nc1ccc(Oc2ccnc3cc(OC4CCCNC4)c(C#N)cc23)cc1C. The number of amides is 2. The second kappa shape index (κ2) is 10.2. The lowest BCUT2D eigenvalue weighted by atomic mass is 10.1. The van der Waals surface area contributed by atoms with Crippen LogP contribution in [0.2, 0.25) is 0 Å². The summed E-state index contributed by atoms with van der Waals surface area (Å²) < 4.78 is 12.3. The quantitative estimate of drug-likeness (QED) is 0.516. The number of rotatable bonds is 6. The number of anilines is 1. The Morgan fingerprint density at radius 3 is 2.88 bits per heavy atom. The summed E-state index contributed by atoms with van der Waals surface area (Å²) in [4.78, 5) is 16.3. The van der Waals surface area contributed by atoms with E-state index in [0.29, 0.717) is 40.6 Å². The van der Waals surface area contributed by atoms with Crippen molar-refractivity contribution in [2.75, 3.05) is 25.0 Å². The Morgan fingerprint density at radius 2 is 2.15 bits per heavy atom. The third-order valence-corrected chi connectivity index (χ3v) is 5.48. The van der Waals surface area contributed by atoms with Crippen LogP contribution in [-0.2, 0) is 0 Å². The predicted molar refractivity (Wildman–Crippen MR) is 127 cm³/mol. The summed E-state index contributed by atoms with van der Waals surface area (Å²) in [6.45, 7) is 6.08. The van der Waals surface area contributed by atoms with E-state index in [4.69, 9.17) is 9.47 Å². The first-order chi connectivity index (χ1) is 16.1. The van der Waals surface area contributed by atoms with Crippen molar-refractivity contribution in [1.82, 2.24) is 15.6 Å². The molecular weight excluding hydrogens is 418 g/mol. The van der Waals surface area contributed by atoms with E-state index in [-0.39, 0.29) is 12.1 Å². The molecule has 0 spiro atoms. The normalized spacial score (nSPS) is 15.5. The van der Waals surface area contributed by atoms with Crippen LogP contribution < -0.4 is 25.4 Å². The fraction of sp³-hybridized carbons (Fsp3) is 0.320. The molecule has 0 radical (unpaired) electrons. The molecule has 1 aliphatic rings. The molecule has 170 valence electrons. The molecule has 0 saturated carbocycles. The maximum Gasteiger partial charge on any atom is 0.319 e. The molecule has 2 heterocycles. The van der Waals surface area contributed by atoms with Crippen molar-refractivity contribution < 1.29 is 14.3 Å². The predicted octanol–water partition coefficient (Wildman–Crippen LogP) is 4.48. The van der Waals surface area contributed by atoms with Crippen molar-refractivity contribution in [3.8, 4) is 23.3 Å². The highest BCUT2D eigenvalue weighted by Crippen LogP contribution is 2.34. The molecule has 1 fully saturated rings. The number of urea groups is 1. The number of hydrogen-bond acceptors (Lipinski definition) is 6. The molecular formula is C25H27N5O3. The third-order valence-electron chi connectivity index (χ3n) is 5.48. The summed E-state index contributed by atoms with van der Waals surface area (Å²) >= 11 is 0. The molecule has 2 aromatic carbocycles. The van der Waals surface area contributed by atoms with Gasteiger partial charge in [-0.1, -0.05) is 0 Å². The molecule has 8 heteroatoms. The molecule has 8 nitrogen and oxygen atoms in total. The van der Waals surface area contributed by atoms with Gasteiger partial charge in [0, 0.05) is 36.4 Å².